The Balaban J connectivity index is 1.13. The average molecular weight is 703 g/mol. The highest BCUT2D eigenvalue weighted by Crippen LogP contribution is 2.40. The molecule has 0 N–H and O–H groups in total. The zero-order valence-electron chi connectivity index (χ0n) is 29.5. The lowest BCUT2D eigenvalue weighted by molar-refractivity contribution is 0.623. The van der Waals surface area contributed by atoms with E-state index in [1.165, 1.54) is 0 Å². The summed E-state index contributed by atoms with van der Waals surface area (Å²) in [4.78, 5) is 20.5. The average Bonchev–Trinajstić information content (AvgIpc) is 3.71. The van der Waals surface area contributed by atoms with Crippen LogP contribution in [-0.4, -0.2) is 19.9 Å². The highest BCUT2D eigenvalue weighted by Gasteiger charge is 2.19. The molecule has 5 nitrogen and oxygen atoms in total. The molecule has 0 fully saturated rings. The van der Waals surface area contributed by atoms with Gasteiger partial charge in [-0.3, -0.25) is 0 Å². The van der Waals surface area contributed by atoms with Gasteiger partial charge >= 0.3 is 0 Å². The number of hydrogen-bond acceptors (Lipinski definition) is 5. The minimum absolute atomic E-state index is 0.612. The molecule has 11 aromatic rings. The van der Waals surface area contributed by atoms with Crippen molar-refractivity contribution in [2.24, 2.45) is 0 Å². The van der Waals surface area contributed by atoms with Crippen LogP contribution in [0.25, 0.3) is 111 Å². The molecule has 0 aliphatic rings. The van der Waals surface area contributed by atoms with E-state index < -0.39 is 0 Å². The number of oxazole rings is 1. The molecule has 0 saturated heterocycles. The molecule has 0 amide bonds. The van der Waals surface area contributed by atoms with Gasteiger partial charge in [0.25, 0.3) is 0 Å². The highest BCUT2D eigenvalue weighted by molar-refractivity contribution is 6.26. The third-order valence-electron chi connectivity index (χ3n) is 10.5. The van der Waals surface area contributed by atoms with E-state index in [1.54, 1.807) is 0 Å². The summed E-state index contributed by atoms with van der Waals surface area (Å²) in [5.74, 6) is 2.48. The maximum atomic E-state index is 6.56. The van der Waals surface area contributed by atoms with Gasteiger partial charge in [-0.05, 0) is 67.7 Å². The first-order valence-corrected chi connectivity index (χ1v) is 18.4. The number of aromatic nitrogens is 4. The van der Waals surface area contributed by atoms with Gasteiger partial charge in [0.1, 0.15) is 5.52 Å². The van der Waals surface area contributed by atoms with Crippen LogP contribution in [-0.2, 0) is 0 Å². The van der Waals surface area contributed by atoms with Crippen molar-refractivity contribution in [1.82, 2.24) is 19.9 Å². The first kappa shape index (κ1) is 31.1. The molecule has 0 spiro atoms. The van der Waals surface area contributed by atoms with Crippen LogP contribution in [0, 0.1) is 0 Å². The number of rotatable bonds is 5. The Labute approximate surface area is 316 Å². The summed E-state index contributed by atoms with van der Waals surface area (Å²) < 4.78 is 6.56. The third-order valence-corrected chi connectivity index (χ3v) is 10.5. The smallest absolute Gasteiger partial charge is 0.227 e. The number of hydrogen-bond donors (Lipinski definition) is 0. The molecule has 0 atom stereocenters. The molecule has 256 valence electrons. The van der Waals surface area contributed by atoms with Crippen LogP contribution in [0.1, 0.15) is 0 Å². The molecule has 2 aromatic heterocycles. The molecule has 0 radical (unpaired) electrons. The Hall–Kier alpha value is -7.50. The monoisotopic (exact) mass is 702 g/mol. The second-order valence-corrected chi connectivity index (χ2v) is 13.8. The quantitative estimate of drug-likeness (QED) is 0.167. The van der Waals surface area contributed by atoms with E-state index in [0.717, 1.165) is 87.6 Å². The lowest BCUT2D eigenvalue weighted by atomic mass is 9.95. The first-order chi connectivity index (χ1) is 27.2. The Bertz CT molecular complexity index is 3260. The van der Waals surface area contributed by atoms with Crippen molar-refractivity contribution in [3.8, 4) is 56.7 Å². The number of nitrogens with zero attached hydrogens (tertiary/aromatic N) is 4. The zero-order chi connectivity index (χ0) is 36.3. The molecule has 9 aromatic carbocycles. The van der Waals surface area contributed by atoms with E-state index in [9.17, 15) is 0 Å². The Morgan fingerprint density at radius 3 is 1.75 bits per heavy atom. The lowest BCUT2D eigenvalue weighted by Gasteiger charge is -2.13. The van der Waals surface area contributed by atoms with Crippen molar-refractivity contribution in [2.45, 2.75) is 0 Å². The predicted octanol–water partition coefficient (Wildman–Crippen LogP) is 13.0. The van der Waals surface area contributed by atoms with Crippen molar-refractivity contribution in [1.29, 1.82) is 0 Å². The van der Waals surface area contributed by atoms with Crippen molar-refractivity contribution >= 4 is 54.2 Å². The molecular formula is C50H30N4O. The van der Waals surface area contributed by atoms with Gasteiger partial charge in [-0.2, -0.15) is 0 Å². The Morgan fingerprint density at radius 2 is 0.927 bits per heavy atom. The molecule has 0 aliphatic heterocycles. The summed E-state index contributed by atoms with van der Waals surface area (Å²) in [6.45, 7) is 0. The summed E-state index contributed by atoms with van der Waals surface area (Å²) in [6.07, 6.45) is 0. The van der Waals surface area contributed by atoms with E-state index >= 15 is 0 Å². The second kappa shape index (κ2) is 12.6. The van der Waals surface area contributed by atoms with Crippen molar-refractivity contribution in [3.63, 3.8) is 0 Å². The summed E-state index contributed by atoms with van der Waals surface area (Å²) in [5, 5.41) is 8.85. The topological polar surface area (TPSA) is 64.7 Å². The van der Waals surface area contributed by atoms with Crippen molar-refractivity contribution < 1.29 is 4.42 Å². The van der Waals surface area contributed by atoms with Gasteiger partial charge in [-0.1, -0.05) is 158 Å². The number of fused-ring (bicyclic) bond motifs is 8. The van der Waals surface area contributed by atoms with Crippen LogP contribution in [0.15, 0.2) is 186 Å². The first-order valence-electron chi connectivity index (χ1n) is 18.4. The van der Waals surface area contributed by atoms with E-state index in [4.69, 9.17) is 24.4 Å². The normalized spacial score (nSPS) is 11.6. The summed E-state index contributed by atoms with van der Waals surface area (Å²) in [7, 11) is 0. The van der Waals surface area contributed by atoms with Gasteiger partial charge in [0, 0.05) is 33.0 Å². The highest BCUT2D eigenvalue weighted by atomic mass is 16.3. The largest absolute Gasteiger partial charge is 0.435 e. The molecule has 0 aliphatic carbocycles. The van der Waals surface area contributed by atoms with E-state index in [-0.39, 0.29) is 0 Å². The van der Waals surface area contributed by atoms with Crippen LogP contribution >= 0.6 is 0 Å². The van der Waals surface area contributed by atoms with Crippen molar-refractivity contribution in [3.05, 3.63) is 182 Å². The molecule has 55 heavy (non-hydrogen) atoms. The maximum absolute atomic E-state index is 6.56. The van der Waals surface area contributed by atoms with Gasteiger partial charge < -0.3 is 4.42 Å². The number of benzene rings is 9. The molecule has 0 bridgehead atoms. The lowest BCUT2D eigenvalue weighted by Crippen LogP contribution is -2.01. The van der Waals surface area contributed by atoms with Crippen LogP contribution < -0.4 is 0 Å². The predicted molar refractivity (Wildman–Crippen MR) is 225 cm³/mol. The molecule has 11 rings (SSSR count). The fraction of sp³-hybridized carbons (Fsp3) is 0. The SMILES string of the molecule is c1ccc(-c2nc3ccc4ccc5ccc6cc(-c7nc(-c8ccccc8-c8ccccc8)nc(-c8cccc9ccccc89)n7)ccc6c5c4c3o2)cc1. The third kappa shape index (κ3) is 5.24. The molecule has 0 unspecified atom stereocenters. The van der Waals surface area contributed by atoms with E-state index in [0.29, 0.717) is 23.4 Å². The van der Waals surface area contributed by atoms with Gasteiger partial charge in [-0.15, -0.1) is 0 Å². The zero-order valence-corrected chi connectivity index (χ0v) is 29.5. The minimum Gasteiger partial charge on any atom is -0.435 e. The van der Waals surface area contributed by atoms with Gasteiger partial charge in [0.05, 0.1) is 0 Å². The van der Waals surface area contributed by atoms with Crippen molar-refractivity contribution in [2.75, 3.05) is 0 Å². The second-order valence-electron chi connectivity index (χ2n) is 13.8. The summed E-state index contributed by atoms with van der Waals surface area (Å²) >= 11 is 0. The van der Waals surface area contributed by atoms with Crippen LogP contribution in [0.5, 0.6) is 0 Å². The van der Waals surface area contributed by atoms with Gasteiger partial charge in [-0.25, -0.2) is 19.9 Å². The fourth-order valence-electron chi connectivity index (χ4n) is 7.91. The standard InChI is InChI=1S/C50H30N4O/c1-3-12-31(13-4-1)38-19-9-10-20-41(38)48-52-47(53-49(54-48)42-21-11-17-32-14-7-8-18-39(32)42)37-26-28-40-36(30-37)25-24-33-22-23-34-27-29-43-46(45(34)44(33)40)55-50(51-43)35-15-5-2-6-16-35/h1-30H. The van der Waals surface area contributed by atoms with Crippen LogP contribution in [0.4, 0.5) is 0 Å². The van der Waals surface area contributed by atoms with E-state index in [1.807, 2.05) is 48.5 Å². The molecule has 0 saturated carbocycles. The van der Waals surface area contributed by atoms with Gasteiger partial charge in [0.2, 0.25) is 5.89 Å². The van der Waals surface area contributed by atoms with Crippen LogP contribution in [0.3, 0.4) is 0 Å². The summed E-state index contributed by atoms with van der Waals surface area (Å²) in [5.41, 5.74) is 7.56. The van der Waals surface area contributed by atoms with E-state index in [2.05, 4.69) is 133 Å². The summed E-state index contributed by atoms with van der Waals surface area (Å²) in [6, 6.07) is 62.9. The Morgan fingerprint density at radius 1 is 0.327 bits per heavy atom. The molecule has 2 heterocycles. The van der Waals surface area contributed by atoms with Gasteiger partial charge in [0.15, 0.2) is 23.1 Å². The Kier molecular flexibility index (Phi) is 7.10. The fourth-order valence-corrected chi connectivity index (χ4v) is 7.91. The maximum Gasteiger partial charge on any atom is 0.227 e. The minimum atomic E-state index is 0.612. The van der Waals surface area contributed by atoms with Crippen LogP contribution in [0.2, 0.25) is 0 Å². The molecular weight excluding hydrogens is 673 g/mol. The molecule has 5 heteroatoms.